The summed E-state index contributed by atoms with van der Waals surface area (Å²) in [6.07, 6.45) is 7.08. The lowest BCUT2D eigenvalue weighted by molar-refractivity contribution is 0.102. The van der Waals surface area contributed by atoms with Crippen molar-refractivity contribution < 1.29 is 4.79 Å². The molecule has 1 heterocycles. The second-order valence-corrected chi connectivity index (χ2v) is 5.93. The summed E-state index contributed by atoms with van der Waals surface area (Å²) in [7, 11) is 0. The number of benzene rings is 2. The van der Waals surface area contributed by atoms with Gasteiger partial charge >= 0.3 is 0 Å². The summed E-state index contributed by atoms with van der Waals surface area (Å²) in [5.41, 5.74) is 4.15. The summed E-state index contributed by atoms with van der Waals surface area (Å²) >= 11 is 0. The molecule has 24 heavy (non-hydrogen) atoms. The molecule has 0 amide bonds. The van der Waals surface area contributed by atoms with Crippen LogP contribution >= 0.6 is 0 Å². The molecular weight excluding hydrogens is 296 g/mol. The van der Waals surface area contributed by atoms with Gasteiger partial charge in [-0.15, -0.1) is 0 Å². The first-order chi connectivity index (χ1) is 11.8. The van der Waals surface area contributed by atoms with Crippen molar-refractivity contribution >= 4 is 22.6 Å². The zero-order valence-electron chi connectivity index (χ0n) is 13.0. The predicted octanol–water partition coefficient (Wildman–Crippen LogP) is 4.32. The number of allylic oxidation sites excluding steroid dienone is 1. The fourth-order valence-corrected chi connectivity index (χ4v) is 3.25. The van der Waals surface area contributed by atoms with Crippen LogP contribution in [0, 0.1) is 11.3 Å². The second-order valence-electron chi connectivity index (χ2n) is 5.93. The Morgan fingerprint density at radius 3 is 2.92 bits per heavy atom. The van der Waals surface area contributed by atoms with Crippen molar-refractivity contribution in [3.63, 3.8) is 0 Å². The number of rotatable bonds is 1. The summed E-state index contributed by atoms with van der Waals surface area (Å²) in [5.74, 6) is 0.0619. The largest absolute Gasteiger partial charge is 0.289 e. The number of hydrogen-bond acceptors (Lipinski definition) is 3. The standard InChI is InChI=1S/C21H14N2O/c22-12-14-4-7-20-16(10-14)5-6-17(21(20)24)11-15-2-1-3-18-13-23-9-8-19(15)18/h1-4,7-11,13H,5-6H2/b17-11-. The third-order valence-corrected chi connectivity index (χ3v) is 4.48. The fraction of sp³-hybridized carbons (Fsp3) is 0.0952. The normalized spacial score (nSPS) is 15.3. The molecule has 0 saturated heterocycles. The van der Waals surface area contributed by atoms with Crippen molar-refractivity contribution in [2.75, 3.05) is 0 Å². The summed E-state index contributed by atoms with van der Waals surface area (Å²) in [6.45, 7) is 0. The third kappa shape index (κ3) is 2.39. The Labute approximate surface area is 139 Å². The van der Waals surface area contributed by atoms with Gasteiger partial charge in [-0.05, 0) is 59.7 Å². The van der Waals surface area contributed by atoms with Gasteiger partial charge in [0, 0.05) is 28.9 Å². The molecule has 114 valence electrons. The molecule has 0 radical (unpaired) electrons. The summed E-state index contributed by atoms with van der Waals surface area (Å²) in [5, 5.41) is 11.2. The van der Waals surface area contributed by atoms with Crippen LogP contribution < -0.4 is 0 Å². The monoisotopic (exact) mass is 310 g/mol. The van der Waals surface area contributed by atoms with E-state index in [9.17, 15) is 4.79 Å². The van der Waals surface area contributed by atoms with Crippen molar-refractivity contribution in [1.82, 2.24) is 4.98 Å². The van der Waals surface area contributed by atoms with Crippen LogP contribution in [-0.4, -0.2) is 10.8 Å². The van der Waals surface area contributed by atoms with Gasteiger partial charge in [-0.2, -0.15) is 5.26 Å². The van der Waals surface area contributed by atoms with Crippen molar-refractivity contribution in [1.29, 1.82) is 5.26 Å². The number of carbonyl (C=O) groups excluding carboxylic acids is 1. The van der Waals surface area contributed by atoms with Gasteiger partial charge < -0.3 is 0 Å². The molecule has 4 rings (SSSR count). The van der Waals surface area contributed by atoms with Gasteiger partial charge in [-0.3, -0.25) is 9.78 Å². The highest BCUT2D eigenvalue weighted by molar-refractivity contribution is 6.14. The number of aryl methyl sites for hydroxylation is 1. The van der Waals surface area contributed by atoms with Crippen LogP contribution in [0.1, 0.15) is 33.5 Å². The SMILES string of the molecule is N#Cc1ccc2c(c1)CC/C(=C/c1cccc3cnccc13)C2=O. The van der Waals surface area contributed by atoms with E-state index in [1.165, 1.54) is 0 Å². The Balaban J connectivity index is 1.78. The zero-order valence-corrected chi connectivity index (χ0v) is 13.0. The summed E-state index contributed by atoms with van der Waals surface area (Å²) < 4.78 is 0. The number of nitriles is 1. The average molecular weight is 310 g/mol. The summed E-state index contributed by atoms with van der Waals surface area (Å²) in [4.78, 5) is 16.9. The van der Waals surface area contributed by atoms with E-state index in [2.05, 4.69) is 11.1 Å². The van der Waals surface area contributed by atoms with Crippen molar-refractivity contribution in [2.24, 2.45) is 0 Å². The van der Waals surface area contributed by atoms with Gasteiger partial charge in [0.15, 0.2) is 5.78 Å². The van der Waals surface area contributed by atoms with Crippen molar-refractivity contribution in [2.45, 2.75) is 12.8 Å². The molecule has 0 saturated carbocycles. The van der Waals surface area contributed by atoms with E-state index in [0.29, 0.717) is 17.5 Å². The second kappa shape index (κ2) is 5.75. The van der Waals surface area contributed by atoms with Gasteiger partial charge in [-0.25, -0.2) is 0 Å². The highest BCUT2D eigenvalue weighted by Crippen LogP contribution is 2.29. The fourth-order valence-electron chi connectivity index (χ4n) is 3.25. The van der Waals surface area contributed by atoms with Crippen LogP contribution in [-0.2, 0) is 6.42 Å². The number of nitrogens with zero attached hydrogens (tertiary/aromatic N) is 2. The molecule has 0 unspecified atom stereocenters. The molecule has 3 nitrogen and oxygen atoms in total. The van der Waals surface area contributed by atoms with Gasteiger partial charge in [0.1, 0.15) is 0 Å². The maximum absolute atomic E-state index is 12.8. The number of fused-ring (bicyclic) bond motifs is 2. The minimum atomic E-state index is 0.0619. The van der Waals surface area contributed by atoms with Crippen LogP contribution in [0.25, 0.3) is 16.8 Å². The van der Waals surface area contributed by atoms with E-state index in [0.717, 1.165) is 33.9 Å². The molecule has 1 aliphatic carbocycles. The van der Waals surface area contributed by atoms with Crippen LogP contribution in [0.5, 0.6) is 0 Å². The quantitative estimate of drug-likeness (QED) is 0.629. The lowest BCUT2D eigenvalue weighted by Gasteiger charge is -2.18. The maximum atomic E-state index is 12.8. The van der Waals surface area contributed by atoms with E-state index >= 15 is 0 Å². The molecule has 3 aromatic rings. The molecule has 0 bridgehead atoms. The van der Waals surface area contributed by atoms with Crippen LogP contribution in [0.3, 0.4) is 0 Å². The molecule has 0 spiro atoms. The zero-order chi connectivity index (χ0) is 16.5. The molecule has 1 aromatic heterocycles. The molecule has 0 atom stereocenters. The Morgan fingerprint density at radius 1 is 1.12 bits per heavy atom. The number of ketones is 1. The molecule has 0 fully saturated rings. The minimum absolute atomic E-state index is 0.0619. The van der Waals surface area contributed by atoms with Gasteiger partial charge in [0.05, 0.1) is 11.6 Å². The number of aromatic nitrogens is 1. The average Bonchev–Trinajstić information content (AvgIpc) is 2.64. The predicted molar refractivity (Wildman–Crippen MR) is 93.5 cm³/mol. The Morgan fingerprint density at radius 2 is 2.04 bits per heavy atom. The van der Waals surface area contributed by atoms with Crippen molar-refractivity contribution in [3.8, 4) is 6.07 Å². The van der Waals surface area contributed by atoms with E-state index in [4.69, 9.17) is 5.26 Å². The Bertz CT molecular complexity index is 1040. The molecule has 0 aliphatic heterocycles. The lowest BCUT2D eigenvalue weighted by Crippen LogP contribution is -2.14. The topological polar surface area (TPSA) is 53.8 Å². The first kappa shape index (κ1) is 14.3. The van der Waals surface area contributed by atoms with E-state index in [1.807, 2.05) is 42.6 Å². The number of carbonyl (C=O) groups is 1. The van der Waals surface area contributed by atoms with Crippen molar-refractivity contribution in [3.05, 3.63) is 82.7 Å². The molecule has 0 N–H and O–H groups in total. The van der Waals surface area contributed by atoms with Gasteiger partial charge in [-0.1, -0.05) is 18.2 Å². The number of Topliss-reactive ketones (excluding diaryl/α,β-unsaturated/α-hetero) is 1. The number of pyridine rings is 1. The highest BCUT2D eigenvalue weighted by atomic mass is 16.1. The maximum Gasteiger partial charge on any atom is 0.189 e. The first-order valence-electron chi connectivity index (χ1n) is 7.87. The minimum Gasteiger partial charge on any atom is -0.289 e. The Hall–Kier alpha value is -3.25. The Kier molecular flexibility index (Phi) is 3.44. The summed E-state index contributed by atoms with van der Waals surface area (Å²) in [6, 6.07) is 15.4. The third-order valence-electron chi connectivity index (χ3n) is 4.48. The van der Waals surface area contributed by atoms with Crippen LogP contribution in [0.15, 0.2) is 60.4 Å². The lowest BCUT2D eigenvalue weighted by atomic mass is 9.85. The van der Waals surface area contributed by atoms with E-state index < -0.39 is 0 Å². The highest BCUT2D eigenvalue weighted by Gasteiger charge is 2.22. The molecular formula is C21H14N2O. The van der Waals surface area contributed by atoms with E-state index in [-0.39, 0.29) is 5.78 Å². The smallest absolute Gasteiger partial charge is 0.189 e. The van der Waals surface area contributed by atoms with Gasteiger partial charge in [0.25, 0.3) is 0 Å². The molecule has 1 aliphatic rings. The molecule has 2 aromatic carbocycles. The van der Waals surface area contributed by atoms with E-state index in [1.54, 1.807) is 18.3 Å². The van der Waals surface area contributed by atoms with Crippen LogP contribution in [0.2, 0.25) is 0 Å². The molecule has 3 heteroatoms. The van der Waals surface area contributed by atoms with Gasteiger partial charge in [0.2, 0.25) is 0 Å². The first-order valence-corrected chi connectivity index (χ1v) is 7.87. The van der Waals surface area contributed by atoms with Crippen LogP contribution in [0.4, 0.5) is 0 Å². The number of hydrogen-bond donors (Lipinski definition) is 0.